The number of pyridine rings is 1. The molecule has 0 saturated carbocycles. The Labute approximate surface area is 135 Å². The fraction of sp³-hybridized carbons (Fsp3) is 0.158. The van der Waals surface area contributed by atoms with E-state index in [1.54, 1.807) is 12.3 Å². The highest BCUT2D eigenvalue weighted by Crippen LogP contribution is 2.23. The minimum absolute atomic E-state index is 0.354. The highest BCUT2D eigenvalue weighted by molar-refractivity contribution is 6.04. The summed E-state index contributed by atoms with van der Waals surface area (Å²) in [5, 5.41) is 9.44. The van der Waals surface area contributed by atoms with Crippen molar-refractivity contribution in [3.05, 3.63) is 77.5 Å². The van der Waals surface area contributed by atoms with E-state index >= 15 is 0 Å². The zero-order valence-electron chi connectivity index (χ0n) is 13.2. The molecule has 23 heavy (non-hydrogen) atoms. The standard InChI is InChI=1S/C17H13NO3.C2H6/c19-17(21-20)16-13(10-12-6-2-1-3-7-12)11-18-15-9-5-4-8-14(15)16;1-2/h1-9,11,20H,10H2;1-2H3. The highest BCUT2D eigenvalue weighted by atomic mass is 17.1. The van der Waals surface area contributed by atoms with E-state index in [2.05, 4.69) is 9.87 Å². The first kappa shape index (κ1) is 16.6. The summed E-state index contributed by atoms with van der Waals surface area (Å²) in [7, 11) is 0. The first-order valence-corrected chi connectivity index (χ1v) is 7.56. The lowest BCUT2D eigenvalue weighted by Crippen LogP contribution is -2.08. The topological polar surface area (TPSA) is 59.4 Å². The fourth-order valence-corrected chi connectivity index (χ4v) is 2.42. The van der Waals surface area contributed by atoms with E-state index in [0.717, 1.165) is 11.1 Å². The summed E-state index contributed by atoms with van der Waals surface area (Å²) in [4.78, 5) is 20.3. The predicted molar refractivity (Wildman–Crippen MR) is 90.4 cm³/mol. The monoisotopic (exact) mass is 309 g/mol. The molecule has 0 bridgehead atoms. The van der Waals surface area contributed by atoms with Crippen LogP contribution in [-0.4, -0.2) is 16.2 Å². The fourth-order valence-electron chi connectivity index (χ4n) is 2.42. The quantitative estimate of drug-likeness (QED) is 0.572. The third kappa shape index (κ3) is 3.73. The molecule has 0 spiro atoms. The first-order chi connectivity index (χ1) is 11.3. The molecule has 0 unspecified atom stereocenters. The van der Waals surface area contributed by atoms with E-state index in [4.69, 9.17) is 5.26 Å². The molecule has 3 aromatic rings. The van der Waals surface area contributed by atoms with Crippen molar-refractivity contribution in [2.24, 2.45) is 0 Å². The van der Waals surface area contributed by atoms with Crippen LogP contribution in [0.2, 0.25) is 0 Å². The van der Waals surface area contributed by atoms with Crippen LogP contribution in [0.3, 0.4) is 0 Å². The number of para-hydroxylation sites is 1. The SMILES string of the molecule is CC.O=C(OO)c1c(Cc2ccccc2)cnc2ccccc12. The van der Waals surface area contributed by atoms with Gasteiger partial charge in [-0.05, 0) is 23.6 Å². The van der Waals surface area contributed by atoms with Crippen molar-refractivity contribution >= 4 is 16.9 Å². The number of rotatable bonds is 3. The van der Waals surface area contributed by atoms with E-state index in [0.29, 0.717) is 22.9 Å². The van der Waals surface area contributed by atoms with Gasteiger partial charge in [-0.1, -0.05) is 62.4 Å². The van der Waals surface area contributed by atoms with Crippen molar-refractivity contribution in [2.45, 2.75) is 20.3 Å². The Hall–Kier alpha value is -2.72. The lowest BCUT2D eigenvalue weighted by Gasteiger charge is -2.10. The van der Waals surface area contributed by atoms with Gasteiger partial charge in [-0.2, -0.15) is 5.26 Å². The van der Waals surface area contributed by atoms with Gasteiger partial charge in [0.1, 0.15) is 0 Å². The van der Waals surface area contributed by atoms with Gasteiger partial charge in [0.05, 0.1) is 11.1 Å². The molecule has 1 aromatic heterocycles. The number of hydrogen-bond acceptors (Lipinski definition) is 4. The molecule has 0 aliphatic rings. The maximum Gasteiger partial charge on any atom is 0.373 e. The normalized spacial score (nSPS) is 9.87. The molecule has 1 N–H and O–H groups in total. The van der Waals surface area contributed by atoms with Gasteiger partial charge in [-0.15, -0.1) is 0 Å². The van der Waals surface area contributed by atoms with Gasteiger partial charge in [0, 0.05) is 11.6 Å². The van der Waals surface area contributed by atoms with Gasteiger partial charge >= 0.3 is 5.97 Å². The minimum Gasteiger partial charge on any atom is -0.295 e. The van der Waals surface area contributed by atoms with Crippen LogP contribution in [0.5, 0.6) is 0 Å². The first-order valence-electron chi connectivity index (χ1n) is 7.56. The van der Waals surface area contributed by atoms with Crippen LogP contribution in [0.1, 0.15) is 35.3 Å². The maximum absolute atomic E-state index is 11.9. The number of fused-ring (bicyclic) bond motifs is 1. The zero-order chi connectivity index (χ0) is 16.7. The average Bonchev–Trinajstić information content (AvgIpc) is 2.63. The van der Waals surface area contributed by atoms with Crippen LogP contribution < -0.4 is 0 Å². The molecule has 2 aromatic carbocycles. The summed E-state index contributed by atoms with van der Waals surface area (Å²) < 4.78 is 0. The Morgan fingerprint density at radius 1 is 1.04 bits per heavy atom. The van der Waals surface area contributed by atoms with E-state index in [1.807, 2.05) is 62.4 Å². The van der Waals surface area contributed by atoms with Crippen LogP contribution in [0.15, 0.2) is 60.8 Å². The Kier molecular flexibility index (Phi) is 5.83. The molecule has 1 heterocycles. The minimum atomic E-state index is -0.764. The third-order valence-corrected chi connectivity index (χ3v) is 3.38. The second-order valence-electron chi connectivity index (χ2n) is 4.72. The lowest BCUT2D eigenvalue weighted by molar-refractivity contribution is -0.182. The molecule has 0 atom stereocenters. The molecule has 0 amide bonds. The molecule has 0 aliphatic heterocycles. The largest absolute Gasteiger partial charge is 0.373 e. The summed E-state index contributed by atoms with van der Waals surface area (Å²) in [6.45, 7) is 4.00. The molecule has 0 fully saturated rings. The Morgan fingerprint density at radius 3 is 2.39 bits per heavy atom. The Balaban J connectivity index is 0.000000924. The van der Waals surface area contributed by atoms with Crippen molar-refractivity contribution in [3.8, 4) is 0 Å². The Bertz CT molecular complexity index is 785. The van der Waals surface area contributed by atoms with Crippen LogP contribution in [0.25, 0.3) is 10.9 Å². The average molecular weight is 309 g/mol. The van der Waals surface area contributed by atoms with E-state index in [-0.39, 0.29) is 0 Å². The van der Waals surface area contributed by atoms with Gasteiger partial charge in [0.2, 0.25) is 0 Å². The van der Waals surface area contributed by atoms with Gasteiger partial charge in [-0.25, -0.2) is 4.79 Å². The number of carbonyl (C=O) groups excluding carboxylic acids is 1. The predicted octanol–water partition coefficient (Wildman–Crippen LogP) is 4.48. The molecular formula is C19H19NO3. The summed E-state index contributed by atoms with van der Waals surface area (Å²) in [5.41, 5.74) is 2.82. The molecule has 4 nitrogen and oxygen atoms in total. The van der Waals surface area contributed by atoms with Crippen molar-refractivity contribution in [1.29, 1.82) is 0 Å². The van der Waals surface area contributed by atoms with Crippen molar-refractivity contribution < 1.29 is 14.9 Å². The van der Waals surface area contributed by atoms with E-state index in [1.165, 1.54) is 0 Å². The molecule has 118 valence electrons. The lowest BCUT2D eigenvalue weighted by atomic mass is 9.98. The van der Waals surface area contributed by atoms with Gasteiger partial charge < -0.3 is 0 Å². The zero-order valence-corrected chi connectivity index (χ0v) is 13.2. The molecular weight excluding hydrogens is 290 g/mol. The maximum atomic E-state index is 11.9. The number of carbonyl (C=O) groups is 1. The summed E-state index contributed by atoms with van der Waals surface area (Å²) in [5.74, 6) is -0.764. The van der Waals surface area contributed by atoms with Crippen LogP contribution in [0, 0.1) is 0 Å². The van der Waals surface area contributed by atoms with Gasteiger partial charge in [0.15, 0.2) is 0 Å². The number of benzene rings is 2. The van der Waals surface area contributed by atoms with E-state index < -0.39 is 5.97 Å². The van der Waals surface area contributed by atoms with Gasteiger partial charge in [-0.3, -0.25) is 9.87 Å². The molecule has 4 heteroatoms. The number of aromatic nitrogens is 1. The molecule has 3 rings (SSSR count). The number of hydrogen-bond donors (Lipinski definition) is 1. The Morgan fingerprint density at radius 2 is 1.70 bits per heavy atom. The second-order valence-corrected chi connectivity index (χ2v) is 4.72. The van der Waals surface area contributed by atoms with Crippen LogP contribution in [0.4, 0.5) is 0 Å². The van der Waals surface area contributed by atoms with E-state index in [9.17, 15) is 4.79 Å². The smallest absolute Gasteiger partial charge is 0.295 e. The third-order valence-electron chi connectivity index (χ3n) is 3.38. The highest BCUT2D eigenvalue weighted by Gasteiger charge is 2.18. The molecule has 0 aliphatic carbocycles. The summed E-state index contributed by atoms with van der Waals surface area (Å²) >= 11 is 0. The van der Waals surface area contributed by atoms with Crippen LogP contribution >= 0.6 is 0 Å². The van der Waals surface area contributed by atoms with Crippen molar-refractivity contribution in [3.63, 3.8) is 0 Å². The second kappa shape index (κ2) is 8.06. The number of nitrogens with zero attached hydrogens (tertiary/aromatic N) is 1. The van der Waals surface area contributed by atoms with Crippen molar-refractivity contribution in [2.75, 3.05) is 0 Å². The summed E-state index contributed by atoms with van der Waals surface area (Å²) in [6.07, 6.45) is 2.20. The van der Waals surface area contributed by atoms with Gasteiger partial charge in [0.25, 0.3) is 0 Å². The molecule has 0 saturated heterocycles. The van der Waals surface area contributed by atoms with Crippen molar-refractivity contribution in [1.82, 2.24) is 4.98 Å². The summed E-state index contributed by atoms with van der Waals surface area (Å²) in [6, 6.07) is 17.0. The van der Waals surface area contributed by atoms with Crippen LogP contribution in [-0.2, 0) is 11.3 Å². The molecule has 0 radical (unpaired) electrons.